The van der Waals surface area contributed by atoms with Crippen LogP contribution < -0.4 is 5.32 Å². The molecule has 0 aliphatic heterocycles. The van der Waals surface area contributed by atoms with E-state index in [1.807, 2.05) is 31.2 Å². The van der Waals surface area contributed by atoms with Gasteiger partial charge in [0.15, 0.2) is 0 Å². The Morgan fingerprint density at radius 3 is 2.56 bits per heavy atom. The maximum atomic E-state index is 11.1. The minimum absolute atomic E-state index is 0.264. The van der Waals surface area contributed by atoms with Crippen LogP contribution in [0, 0.1) is 6.92 Å². The van der Waals surface area contributed by atoms with Gasteiger partial charge in [0.1, 0.15) is 0 Å². The molecule has 3 nitrogen and oxygen atoms in total. The zero-order valence-corrected chi connectivity index (χ0v) is 11.4. The molecule has 0 heterocycles. The second-order valence-electron chi connectivity index (χ2n) is 3.93. The van der Waals surface area contributed by atoms with Crippen molar-refractivity contribution in [2.24, 2.45) is 0 Å². The first-order valence-corrected chi connectivity index (χ1v) is 6.23. The van der Waals surface area contributed by atoms with E-state index in [2.05, 4.69) is 21.2 Å². The summed E-state index contributed by atoms with van der Waals surface area (Å²) in [7, 11) is 0. The Bertz CT molecular complexity index is 596. The molecule has 0 saturated heterocycles. The van der Waals surface area contributed by atoms with Gasteiger partial charge < -0.3 is 10.4 Å². The number of carboxylic acid groups (broad SMARTS) is 1. The molecule has 0 aliphatic carbocycles. The molecule has 2 aromatic carbocycles. The first kappa shape index (κ1) is 12.6. The fraction of sp³-hybridized carbons (Fsp3) is 0.0714. The molecule has 4 heteroatoms. The summed E-state index contributed by atoms with van der Waals surface area (Å²) in [6, 6.07) is 12.7. The lowest BCUT2D eigenvalue weighted by molar-refractivity contribution is 0.0698. The Morgan fingerprint density at radius 2 is 1.89 bits per heavy atom. The number of para-hydroxylation sites is 1. The summed E-state index contributed by atoms with van der Waals surface area (Å²) in [6.45, 7) is 1.97. The Kier molecular flexibility index (Phi) is 3.67. The smallest absolute Gasteiger partial charge is 0.337 e. The van der Waals surface area contributed by atoms with Crippen LogP contribution in [0.3, 0.4) is 0 Å². The van der Waals surface area contributed by atoms with Crippen LogP contribution in [-0.2, 0) is 0 Å². The van der Waals surface area contributed by atoms with Gasteiger partial charge >= 0.3 is 5.97 Å². The summed E-state index contributed by atoms with van der Waals surface area (Å²) in [6.07, 6.45) is 0. The summed E-state index contributed by atoms with van der Waals surface area (Å²) < 4.78 is 0.997. The highest BCUT2D eigenvalue weighted by Crippen LogP contribution is 2.25. The molecule has 0 aromatic heterocycles. The number of hydrogen-bond donors (Lipinski definition) is 2. The van der Waals surface area contributed by atoms with Gasteiger partial charge in [-0.05, 0) is 42.8 Å². The first-order valence-electron chi connectivity index (χ1n) is 5.43. The van der Waals surface area contributed by atoms with Gasteiger partial charge in [-0.2, -0.15) is 0 Å². The normalized spacial score (nSPS) is 10.1. The van der Waals surface area contributed by atoms with Crippen molar-refractivity contribution in [2.45, 2.75) is 6.92 Å². The Balaban J connectivity index is 2.37. The average Bonchev–Trinajstić information content (AvgIpc) is 2.33. The van der Waals surface area contributed by atoms with Gasteiger partial charge in [0, 0.05) is 10.2 Å². The lowest BCUT2D eigenvalue weighted by Gasteiger charge is -2.12. The van der Waals surface area contributed by atoms with Gasteiger partial charge in [-0.3, -0.25) is 0 Å². The molecular weight excluding hydrogens is 294 g/mol. The van der Waals surface area contributed by atoms with Crippen LogP contribution in [0.15, 0.2) is 46.9 Å². The topological polar surface area (TPSA) is 49.3 Å². The third-order valence-corrected chi connectivity index (χ3v) is 3.11. The second kappa shape index (κ2) is 5.23. The van der Waals surface area contributed by atoms with Crippen molar-refractivity contribution in [2.75, 3.05) is 5.32 Å². The minimum atomic E-state index is -0.937. The molecule has 18 heavy (non-hydrogen) atoms. The third kappa shape index (κ3) is 2.71. The summed E-state index contributed by atoms with van der Waals surface area (Å²) >= 11 is 3.40. The van der Waals surface area contributed by atoms with Crippen LogP contribution in [0.5, 0.6) is 0 Å². The average molecular weight is 306 g/mol. The van der Waals surface area contributed by atoms with Crippen LogP contribution in [-0.4, -0.2) is 11.1 Å². The van der Waals surface area contributed by atoms with Crippen LogP contribution >= 0.6 is 15.9 Å². The molecule has 2 N–H and O–H groups in total. The standard InChI is InChI=1S/C14H12BrNO2/c1-9-8-10(15)6-7-12(9)16-13-5-3-2-4-11(13)14(17)18/h2-8,16H,1H3,(H,17,18). The number of benzene rings is 2. The van der Waals surface area contributed by atoms with Crippen molar-refractivity contribution in [3.63, 3.8) is 0 Å². The van der Waals surface area contributed by atoms with Crippen LogP contribution in [0.4, 0.5) is 11.4 Å². The molecule has 0 saturated carbocycles. The summed E-state index contributed by atoms with van der Waals surface area (Å²) in [4.78, 5) is 11.1. The van der Waals surface area contributed by atoms with E-state index in [1.165, 1.54) is 0 Å². The van der Waals surface area contributed by atoms with Gasteiger partial charge in [-0.15, -0.1) is 0 Å². The maximum absolute atomic E-state index is 11.1. The molecule has 0 unspecified atom stereocenters. The van der Waals surface area contributed by atoms with E-state index < -0.39 is 5.97 Å². The van der Waals surface area contributed by atoms with E-state index >= 15 is 0 Å². The van der Waals surface area contributed by atoms with Crippen LogP contribution in [0.2, 0.25) is 0 Å². The molecule has 0 radical (unpaired) electrons. The van der Waals surface area contributed by atoms with Gasteiger partial charge in [-0.25, -0.2) is 4.79 Å². The molecule has 0 fully saturated rings. The van der Waals surface area contributed by atoms with Crippen molar-refractivity contribution in [3.05, 3.63) is 58.1 Å². The second-order valence-corrected chi connectivity index (χ2v) is 4.85. The first-order chi connectivity index (χ1) is 8.58. The van der Waals surface area contributed by atoms with Crippen LogP contribution in [0.25, 0.3) is 0 Å². The molecule has 0 spiro atoms. The lowest BCUT2D eigenvalue weighted by atomic mass is 10.1. The number of carboxylic acids is 1. The molecule has 0 atom stereocenters. The largest absolute Gasteiger partial charge is 0.478 e. The summed E-state index contributed by atoms with van der Waals surface area (Å²) in [5, 5.41) is 12.3. The van der Waals surface area contributed by atoms with Crippen molar-refractivity contribution in [1.29, 1.82) is 0 Å². The molecule has 0 amide bonds. The molecule has 92 valence electrons. The number of carbonyl (C=O) groups is 1. The highest BCUT2D eigenvalue weighted by molar-refractivity contribution is 9.10. The van der Waals surface area contributed by atoms with E-state index in [4.69, 9.17) is 5.11 Å². The zero-order valence-electron chi connectivity index (χ0n) is 9.77. The van der Waals surface area contributed by atoms with Crippen molar-refractivity contribution in [3.8, 4) is 0 Å². The number of nitrogens with one attached hydrogen (secondary N) is 1. The predicted molar refractivity (Wildman–Crippen MR) is 75.6 cm³/mol. The van der Waals surface area contributed by atoms with Crippen molar-refractivity contribution >= 4 is 33.3 Å². The highest BCUT2D eigenvalue weighted by Gasteiger charge is 2.09. The highest BCUT2D eigenvalue weighted by atomic mass is 79.9. The zero-order chi connectivity index (χ0) is 13.1. The summed E-state index contributed by atoms with van der Waals surface area (Å²) in [5.74, 6) is -0.937. The Hall–Kier alpha value is -1.81. The Labute approximate surface area is 114 Å². The number of hydrogen-bond acceptors (Lipinski definition) is 2. The number of rotatable bonds is 3. The third-order valence-electron chi connectivity index (χ3n) is 2.62. The summed E-state index contributed by atoms with van der Waals surface area (Å²) in [5.41, 5.74) is 2.80. The maximum Gasteiger partial charge on any atom is 0.337 e. The lowest BCUT2D eigenvalue weighted by Crippen LogP contribution is -2.03. The monoisotopic (exact) mass is 305 g/mol. The van der Waals surface area contributed by atoms with E-state index in [0.717, 1.165) is 15.7 Å². The number of aryl methyl sites for hydroxylation is 1. The quantitative estimate of drug-likeness (QED) is 0.893. The van der Waals surface area contributed by atoms with Gasteiger partial charge in [0.25, 0.3) is 0 Å². The molecule has 2 aromatic rings. The Morgan fingerprint density at radius 1 is 1.17 bits per heavy atom. The van der Waals surface area contributed by atoms with Gasteiger partial charge in [-0.1, -0.05) is 28.1 Å². The molecule has 0 aliphatic rings. The number of anilines is 2. The fourth-order valence-electron chi connectivity index (χ4n) is 1.69. The van der Waals surface area contributed by atoms with E-state index in [9.17, 15) is 4.79 Å². The van der Waals surface area contributed by atoms with Crippen molar-refractivity contribution in [1.82, 2.24) is 0 Å². The van der Waals surface area contributed by atoms with Crippen molar-refractivity contribution < 1.29 is 9.90 Å². The number of halogens is 1. The van der Waals surface area contributed by atoms with E-state index in [0.29, 0.717) is 5.69 Å². The van der Waals surface area contributed by atoms with E-state index in [-0.39, 0.29) is 5.56 Å². The molecule has 2 rings (SSSR count). The van der Waals surface area contributed by atoms with Crippen LogP contribution in [0.1, 0.15) is 15.9 Å². The SMILES string of the molecule is Cc1cc(Br)ccc1Nc1ccccc1C(=O)O. The fourth-order valence-corrected chi connectivity index (χ4v) is 2.17. The molecular formula is C14H12BrNO2. The van der Waals surface area contributed by atoms with Gasteiger partial charge in [0.05, 0.1) is 11.3 Å². The molecule has 0 bridgehead atoms. The minimum Gasteiger partial charge on any atom is -0.478 e. The van der Waals surface area contributed by atoms with E-state index in [1.54, 1.807) is 18.2 Å². The predicted octanol–water partition coefficient (Wildman–Crippen LogP) is 4.20. The van der Waals surface area contributed by atoms with Gasteiger partial charge in [0.2, 0.25) is 0 Å². The number of aromatic carboxylic acids is 1.